The monoisotopic (exact) mass is 349 g/mol. The van der Waals surface area contributed by atoms with Crippen LogP contribution in [0, 0.1) is 6.57 Å². The SMILES string of the molecule is [C-]#[N+]CCOP(=O)(OC(C)C)OC1C[C@H](C)O[C@@H]1COC(C)C. The van der Waals surface area contributed by atoms with Crippen molar-refractivity contribution in [3.8, 4) is 0 Å². The van der Waals surface area contributed by atoms with Gasteiger partial charge in [0, 0.05) is 6.42 Å². The summed E-state index contributed by atoms with van der Waals surface area (Å²) >= 11 is 0. The fourth-order valence-corrected chi connectivity index (χ4v) is 3.72. The molecule has 0 aromatic rings. The van der Waals surface area contributed by atoms with Crippen LogP contribution in [0.15, 0.2) is 0 Å². The van der Waals surface area contributed by atoms with E-state index in [1.54, 1.807) is 13.8 Å². The van der Waals surface area contributed by atoms with Crippen molar-refractivity contribution in [1.82, 2.24) is 0 Å². The van der Waals surface area contributed by atoms with E-state index < -0.39 is 13.9 Å². The number of phosphoric ester groups is 1. The Labute approximate surface area is 139 Å². The van der Waals surface area contributed by atoms with Gasteiger partial charge in [0.05, 0.1) is 24.9 Å². The van der Waals surface area contributed by atoms with Crippen LogP contribution in [0.5, 0.6) is 0 Å². The van der Waals surface area contributed by atoms with Gasteiger partial charge in [-0.2, -0.15) is 0 Å². The van der Waals surface area contributed by atoms with Crippen molar-refractivity contribution in [2.24, 2.45) is 0 Å². The molecule has 4 atom stereocenters. The maximum atomic E-state index is 12.8. The van der Waals surface area contributed by atoms with Gasteiger partial charge in [-0.3, -0.25) is 13.6 Å². The van der Waals surface area contributed by atoms with E-state index in [4.69, 9.17) is 29.6 Å². The van der Waals surface area contributed by atoms with E-state index in [-0.39, 0.29) is 37.6 Å². The summed E-state index contributed by atoms with van der Waals surface area (Å²) < 4.78 is 40.4. The topological polar surface area (TPSA) is 67.6 Å². The molecule has 0 saturated carbocycles. The summed E-state index contributed by atoms with van der Waals surface area (Å²) in [5, 5.41) is 0. The van der Waals surface area contributed by atoms with Gasteiger partial charge in [0.2, 0.25) is 6.54 Å². The first-order chi connectivity index (χ1) is 10.8. The third kappa shape index (κ3) is 7.75. The van der Waals surface area contributed by atoms with Crippen LogP contribution in [0.2, 0.25) is 0 Å². The largest absolute Gasteiger partial charge is 0.475 e. The summed E-state index contributed by atoms with van der Waals surface area (Å²) in [7, 11) is -3.74. The van der Waals surface area contributed by atoms with Crippen LogP contribution in [-0.2, 0) is 27.6 Å². The molecule has 0 aliphatic carbocycles. The Bertz CT molecular complexity index is 436. The van der Waals surface area contributed by atoms with Crippen LogP contribution >= 0.6 is 7.82 Å². The predicted molar refractivity (Wildman–Crippen MR) is 86.2 cm³/mol. The Kier molecular flexibility index (Phi) is 8.70. The van der Waals surface area contributed by atoms with Gasteiger partial charge in [-0.15, -0.1) is 0 Å². The molecule has 7 nitrogen and oxygen atoms in total. The van der Waals surface area contributed by atoms with Crippen molar-refractivity contribution in [2.75, 3.05) is 19.8 Å². The Morgan fingerprint density at radius 1 is 1.30 bits per heavy atom. The minimum Gasteiger partial charge on any atom is -0.376 e. The van der Waals surface area contributed by atoms with E-state index >= 15 is 0 Å². The molecule has 2 unspecified atom stereocenters. The van der Waals surface area contributed by atoms with Gasteiger partial charge in [-0.25, -0.2) is 11.1 Å². The molecule has 0 bridgehead atoms. The van der Waals surface area contributed by atoms with Crippen LogP contribution in [0.1, 0.15) is 41.0 Å². The molecule has 23 heavy (non-hydrogen) atoms. The highest BCUT2D eigenvalue weighted by Crippen LogP contribution is 2.53. The lowest BCUT2D eigenvalue weighted by atomic mass is 10.1. The molecule has 1 aliphatic heterocycles. The summed E-state index contributed by atoms with van der Waals surface area (Å²) in [5.41, 5.74) is 0. The number of nitrogens with zero attached hydrogens (tertiary/aromatic N) is 1. The maximum absolute atomic E-state index is 12.8. The average molecular weight is 349 g/mol. The molecule has 1 rings (SSSR count). The predicted octanol–water partition coefficient (Wildman–Crippen LogP) is 3.44. The van der Waals surface area contributed by atoms with Crippen molar-refractivity contribution in [2.45, 2.75) is 71.6 Å². The van der Waals surface area contributed by atoms with Crippen LogP contribution in [0.4, 0.5) is 0 Å². The van der Waals surface area contributed by atoms with E-state index in [9.17, 15) is 4.57 Å². The van der Waals surface area contributed by atoms with E-state index in [1.165, 1.54) is 0 Å². The lowest BCUT2D eigenvalue weighted by Crippen LogP contribution is -2.30. The molecule has 1 aliphatic rings. The van der Waals surface area contributed by atoms with Crippen molar-refractivity contribution < 1.29 is 27.6 Å². The van der Waals surface area contributed by atoms with Gasteiger partial charge >= 0.3 is 7.82 Å². The van der Waals surface area contributed by atoms with Crippen LogP contribution in [-0.4, -0.2) is 50.3 Å². The lowest BCUT2D eigenvalue weighted by Gasteiger charge is -2.25. The molecule has 0 amide bonds. The van der Waals surface area contributed by atoms with Crippen molar-refractivity contribution in [3.63, 3.8) is 0 Å². The minimum atomic E-state index is -3.74. The third-order valence-corrected chi connectivity index (χ3v) is 4.74. The average Bonchev–Trinajstić information content (AvgIpc) is 2.75. The molecule has 0 aromatic carbocycles. The summed E-state index contributed by atoms with van der Waals surface area (Å²) in [6.07, 6.45) is -0.426. The molecular formula is C15H28NO6P. The normalized spacial score (nSPS) is 27.3. The van der Waals surface area contributed by atoms with Gasteiger partial charge in [0.15, 0.2) is 0 Å². The van der Waals surface area contributed by atoms with Gasteiger partial charge in [0.1, 0.15) is 18.8 Å². The van der Waals surface area contributed by atoms with Crippen molar-refractivity contribution in [1.29, 1.82) is 0 Å². The second-order valence-electron chi connectivity index (χ2n) is 6.06. The summed E-state index contributed by atoms with van der Waals surface area (Å²) in [5.74, 6) is 0. The lowest BCUT2D eigenvalue weighted by molar-refractivity contribution is -0.0577. The summed E-state index contributed by atoms with van der Waals surface area (Å²) in [6.45, 7) is 16.5. The standard InChI is InChI=1S/C15H28NO6P/c1-11(2)18-10-15-14(9-13(5)20-15)22-23(17,21-12(3)4)19-8-7-16-6/h11-15H,7-10H2,1-5H3/t13-,14?,15+,23?/m0/s1. The first-order valence-corrected chi connectivity index (χ1v) is 9.43. The number of rotatable bonds is 10. The molecule has 1 fully saturated rings. The Balaban J connectivity index is 2.71. The fraction of sp³-hybridized carbons (Fsp3) is 0.933. The fourth-order valence-electron chi connectivity index (χ4n) is 2.17. The minimum absolute atomic E-state index is 0.00376. The quantitative estimate of drug-likeness (QED) is 0.342. The molecule has 0 N–H and O–H groups in total. The first-order valence-electron chi connectivity index (χ1n) is 7.97. The van der Waals surface area contributed by atoms with E-state index in [0.29, 0.717) is 13.0 Å². The third-order valence-electron chi connectivity index (χ3n) is 3.04. The highest BCUT2D eigenvalue weighted by molar-refractivity contribution is 7.48. The molecule has 8 heteroatoms. The van der Waals surface area contributed by atoms with E-state index in [1.807, 2.05) is 20.8 Å². The zero-order chi connectivity index (χ0) is 17.5. The highest BCUT2D eigenvalue weighted by atomic mass is 31.2. The zero-order valence-corrected chi connectivity index (χ0v) is 15.5. The van der Waals surface area contributed by atoms with Gasteiger partial charge in [-0.1, -0.05) is 0 Å². The van der Waals surface area contributed by atoms with Crippen LogP contribution < -0.4 is 0 Å². The molecular weight excluding hydrogens is 321 g/mol. The molecule has 1 heterocycles. The van der Waals surface area contributed by atoms with E-state index in [0.717, 1.165) is 0 Å². The van der Waals surface area contributed by atoms with Crippen LogP contribution in [0.25, 0.3) is 4.85 Å². The first kappa shape index (κ1) is 20.6. The Morgan fingerprint density at radius 3 is 2.57 bits per heavy atom. The molecule has 0 spiro atoms. The van der Waals surface area contributed by atoms with Crippen LogP contribution in [0.3, 0.4) is 0 Å². The number of phosphoric acid groups is 1. The second-order valence-corrected chi connectivity index (χ2v) is 7.64. The molecule has 0 radical (unpaired) electrons. The molecule has 134 valence electrons. The Morgan fingerprint density at radius 2 is 2.00 bits per heavy atom. The molecule has 1 saturated heterocycles. The number of ether oxygens (including phenoxy) is 2. The zero-order valence-electron chi connectivity index (χ0n) is 14.6. The number of hydrogen-bond donors (Lipinski definition) is 0. The van der Waals surface area contributed by atoms with Gasteiger partial charge in [-0.05, 0) is 34.6 Å². The van der Waals surface area contributed by atoms with Gasteiger partial charge in [0.25, 0.3) is 0 Å². The van der Waals surface area contributed by atoms with E-state index in [2.05, 4.69) is 4.85 Å². The summed E-state index contributed by atoms with van der Waals surface area (Å²) in [4.78, 5) is 3.17. The van der Waals surface area contributed by atoms with Crippen molar-refractivity contribution in [3.05, 3.63) is 11.4 Å². The van der Waals surface area contributed by atoms with Crippen molar-refractivity contribution >= 4 is 7.82 Å². The smallest absolute Gasteiger partial charge is 0.376 e. The van der Waals surface area contributed by atoms with Gasteiger partial charge < -0.3 is 14.3 Å². The molecule has 0 aromatic heterocycles. The summed E-state index contributed by atoms with van der Waals surface area (Å²) in [6, 6.07) is 0. The highest BCUT2D eigenvalue weighted by Gasteiger charge is 2.41. The Hall–Kier alpha value is -0.480. The maximum Gasteiger partial charge on any atom is 0.475 e. The number of hydrogen-bond acceptors (Lipinski definition) is 6. The second kappa shape index (κ2) is 9.73.